The molecule has 1 aliphatic heterocycles. The maximum atomic E-state index is 5.58. The van der Waals surface area contributed by atoms with E-state index >= 15 is 0 Å². The highest BCUT2D eigenvalue weighted by Gasteiger charge is 2.36. The van der Waals surface area contributed by atoms with Crippen molar-refractivity contribution in [1.82, 2.24) is 10.3 Å². The molecule has 1 heterocycles. The third-order valence-corrected chi connectivity index (χ3v) is 1.77. The monoisotopic (exact) mass is 201 g/mol. The zero-order valence-corrected chi connectivity index (χ0v) is 7.45. The highest BCUT2D eigenvalue weighted by atomic mass is 35.6. The molecule has 0 aromatic carbocycles. The van der Waals surface area contributed by atoms with Crippen LogP contribution in [0.2, 0.25) is 0 Å². The first-order chi connectivity index (χ1) is 4.52. The molecule has 10 heavy (non-hydrogen) atoms. The van der Waals surface area contributed by atoms with Crippen LogP contribution in [0.4, 0.5) is 0 Å². The Labute approximate surface area is 73.9 Å². The van der Waals surface area contributed by atoms with Crippen LogP contribution in [0.1, 0.15) is 0 Å². The number of hydrazone groups is 1. The standard InChI is InChI=1S/C4H6Cl3N3/c1-10-2-8-9-3(10)4(5,6)7/h2-3,9H,1H3. The number of alkyl halides is 3. The van der Waals surface area contributed by atoms with Gasteiger partial charge in [-0.3, -0.25) is 5.43 Å². The summed E-state index contributed by atoms with van der Waals surface area (Å²) in [5.41, 5.74) is 2.65. The van der Waals surface area contributed by atoms with Gasteiger partial charge in [0.2, 0.25) is 3.79 Å². The molecule has 0 aromatic rings. The van der Waals surface area contributed by atoms with Gasteiger partial charge in [0.05, 0.1) is 0 Å². The van der Waals surface area contributed by atoms with Crippen molar-refractivity contribution in [3.05, 3.63) is 0 Å². The molecule has 1 N–H and O–H groups in total. The van der Waals surface area contributed by atoms with Gasteiger partial charge in [0.15, 0.2) is 6.17 Å². The van der Waals surface area contributed by atoms with Crippen molar-refractivity contribution in [2.45, 2.75) is 9.96 Å². The van der Waals surface area contributed by atoms with E-state index in [9.17, 15) is 0 Å². The van der Waals surface area contributed by atoms with Crippen molar-refractivity contribution in [1.29, 1.82) is 0 Å². The highest BCUT2D eigenvalue weighted by molar-refractivity contribution is 6.68. The van der Waals surface area contributed by atoms with Crippen LogP contribution in [0.3, 0.4) is 0 Å². The van der Waals surface area contributed by atoms with Gasteiger partial charge in [-0.2, -0.15) is 5.10 Å². The van der Waals surface area contributed by atoms with Gasteiger partial charge in [-0.15, -0.1) is 0 Å². The Morgan fingerprint density at radius 1 is 1.60 bits per heavy atom. The average molecular weight is 202 g/mol. The molecule has 0 saturated heterocycles. The van der Waals surface area contributed by atoms with E-state index in [4.69, 9.17) is 34.8 Å². The number of hydrogen-bond donors (Lipinski definition) is 1. The largest absolute Gasteiger partial charge is 0.339 e. The minimum Gasteiger partial charge on any atom is -0.339 e. The van der Waals surface area contributed by atoms with Gasteiger partial charge in [0.25, 0.3) is 0 Å². The Balaban J connectivity index is 2.60. The molecule has 3 nitrogen and oxygen atoms in total. The lowest BCUT2D eigenvalue weighted by Gasteiger charge is -2.25. The van der Waals surface area contributed by atoms with E-state index in [1.165, 1.54) is 0 Å². The molecule has 0 spiro atoms. The van der Waals surface area contributed by atoms with Crippen molar-refractivity contribution in [2.75, 3.05) is 7.05 Å². The Morgan fingerprint density at radius 3 is 2.40 bits per heavy atom. The molecule has 58 valence electrons. The van der Waals surface area contributed by atoms with Crippen molar-refractivity contribution < 1.29 is 0 Å². The summed E-state index contributed by atoms with van der Waals surface area (Å²) in [4.78, 5) is 1.69. The summed E-state index contributed by atoms with van der Waals surface area (Å²) in [7, 11) is 1.77. The van der Waals surface area contributed by atoms with Crippen LogP contribution in [0.25, 0.3) is 0 Å². The van der Waals surface area contributed by atoms with Gasteiger partial charge in [-0.1, -0.05) is 34.8 Å². The number of nitrogens with one attached hydrogen (secondary N) is 1. The smallest absolute Gasteiger partial charge is 0.230 e. The summed E-state index contributed by atoms with van der Waals surface area (Å²) in [5, 5.41) is 3.71. The maximum absolute atomic E-state index is 5.58. The Kier molecular flexibility index (Phi) is 2.18. The zero-order valence-electron chi connectivity index (χ0n) is 5.18. The molecular formula is C4H6Cl3N3. The van der Waals surface area contributed by atoms with Crippen molar-refractivity contribution in [3.8, 4) is 0 Å². The lowest BCUT2D eigenvalue weighted by molar-refractivity contribution is 0.358. The minimum absolute atomic E-state index is 0.363. The fourth-order valence-corrected chi connectivity index (χ4v) is 1.27. The van der Waals surface area contributed by atoms with E-state index in [0.29, 0.717) is 0 Å². The first kappa shape index (κ1) is 8.24. The molecule has 1 unspecified atom stereocenters. The van der Waals surface area contributed by atoms with Gasteiger partial charge in [-0.25, -0.2) is 0 Å². The Morgan fingerprint density at radius 2 is 2.20 bits per heavy atom. The summed E-state index contributed by atoms with van der Waals surface area (Å²) >= 11 is 16.7. The van der Waals surface area contributed by atoms with Crippen LogP contribution >= 0.6 is 34.8 Å². The molecule has 0 aromatic heterocycles. The van der Waals surface area contributed by atoms with Crippen LogP contribution in [-0.4, -0.2) is 28.2 Å². The first-order valence-electron chi connectivity index (χ1n) is 2.59. The lowest BCUT2D eigenvalue weighted by atomic mass is 10.5. The molecule has 0 bridgehead atoms. The third kappa shape index (κ3) is 1.59. The van der Waals surface area contributed by atoms with E-state index in [2.05, 4.69) is 10.5 Å². The van der Waals surface area contributed by atoms with E-state index in [-0.39, 0.29) is 6.17 Å². The van der Waals surface area contributed by atoms with Crippen molar-refractivity contribution >= 4 is 41.1 Å². The number of halogens is 3. The second-order valence-electron chi connectivity index (χ2n) is 1.98. The normalized spacial score (nSPS) is 25.2. The lowest BCUT2D eigenvalue weighted by Crippen LogP contribution is -2.44. The third-order valence-electron chi connectivity index (χ3n) is 1.15. The topological polar surface area (TPSA) is 27.6 Å². The van der Waals surface area contributed by atoms with Crippen molar-refractivity contribution in [3.63, 3.8) is 0 Å². The quantitative estimate of drug-likeness (QED) is 0.597. The zero-order chi connectivity index (χ0) is 7.78. The average Bonchev–Trinajstić information content (AvgIpc) is 2.11. The summed E-state index contributed by atoms with van der Waals surface area (Å²) in [6.45, 7) is 0. The number of hydrogen-bond acceptors (Lipinski definition) is 3. The van der Waals surface area contributed by atoms with E-state index in [0.717, 1.165) is 0 Å². The minimum atomic E-state index is -1.34. The number of rotatable bonds is 0. The second-order valence-corrected chi connectivity index (χ2v) is 4.35. The second kappa shape index (κ2) is 2.64. The van der Waals surface area contributed by atoms with Crippen LogP contribution in [0.15, 0.2) is 5.10 Å². The first-order valence-corrected chi connectivity index (χ1v) is 3.72. The fourth-order valence-electron chi connectivity index (χ4n) is 0.657. The van der Waals surface area contributed by atoms with E-state index in [1.807, 2.05) is 0 Å². The predicted octanol–water partition coefficient (Wildman–Crippen LogP) is 1.16. The van der Waals surface area contributed by atoms with E-state index < -0.39 is 3.79 Å². The summed E-state index contributed by atoms with van der Waals surface area (Å²) in [6, 6.07) is 0. The van der Waals surface area contributed by atoms with E-state index in [1.54, 1.807) is 18.3 Å². The van der Waals surface area contributed by atoms with Crippen LogP contribution in [-0.2, 0) is 0 Å². The van der Waals surface area contributed by atoms with Crippen molar-refractivity contribution in [2.24, 2.45) is 5.10 Å². The highest BCUT2D eigenvalue weighted by Crippen LogP contribution is 2.32. The molecule has 1 rings (SSSR count). The van der Waals surface area contributed by atoms with Gasteiger partial charge in [-0.05, 0) is 0 Å². The molecule has 1 atom stereocenters. The SMILES string of the molecule is CN1C=NNC1C(Cl)(Cl)Cl. The molecule has 0 radical (unpaired) electrons. The fraction of sp³-hybridized carbons (Fsp3) is 0.750. The predicted molar refractivity (Wildman–Crippen MR) is 43.5 cm³/mol. The van der Waals surface area contributed by atoms with Crippen LogP contribution in [0.5, 0.6) is 0 Å². The van der Waals surface area contributed by atoms with Gasteiger partial charge in [0.1, 0.15) is 6.34 Å². The Bertz CT molecular complexity index is 152. The Hall–Kier alpha value is 0.140. The molecule has 0 amide bonds. The molecule has 0 aliphatic carbocycles. The molecular weight excluding hydrogens is 196 g/mol. The molecule has 6 heteroatoms. The van der Waals surface area contributed by atoms with Gasteiger partial charge >= 0.3 is 0 Å². The molecule has 0 fully saturated rings. The van der Waals surface area contributed by atoms with Gasteiger partial charge in [0, 0.05) is 7.05 Å². The van der Waals surface area contributed by atoms with Crippen LogP contribution in [0, 0.1) is 0 Å². The molecule has 1 aliphatic rings. The van der Waals surface area contributed by atoms with Gasteiger partial charge < -0.3 is 4.90 Å². The summed E-state index contributed by atoms with van der Waals surface area (Å²) in [5.74, 6) is 0. The number of nitrogens with zero attached hydrogens (tertiary/aromatic N) is 2. The summed E-state index contributed by atoms with van der Waals surface area (Å²) < 4.78 is -1.34. The molecule has 0 saturated carbocycles. The van der Waals surface area contributed by atoms with Crippen LogP contribution < -0.4 is 5.43 Å². The summed E-state index contributed by atoms with van der Waals surface area (Å²) in [6.07, 6.45) is 1.20. The maximum Gasteiger partial charge on any atom is 0.230 e.